The summed E-state index contributed by atoms with van der Waals surface area (Å²) in [6.45, 7) is 3.90. The molecule has 1 aliphatic carbocycles. The fourth-order valence-corrected chi connectivity index (χ4v) is 1.93. The molecule has 72 valence electrons. The number of alkyl halides is 1. The molecule has 0 spiro atoms. The molecule has 1 atom stereocenters. The fourth-order valence-electron chi connectivity index (χ4n) is 1.93. The van der Waals surface area contributed by atoms with E-state index < -0.39 is 12.8 Å². The van der Waals surface area contributed by atoms with Gasteiger partial charge in [-0.3, -0.25) is 0 Å². The lowest BCUT2D eigenvalue weighted by Crippen LogP contribution is -2.30. The Kier molecular flexibility index (Phi) is 3.10. The van der Waals surface area contributed by atoms with E-state index in [4.69, 9.17) is 0 Å². The summed E-state index contributed by atoms with van der Waals surface area (Å²) in [4.78, 5) is 0. The van der Waals surface area contributed by atoms with Gasteiger partial charge in [0.25, 0.3) is 0 Å². The monoisotopic (exact) mass is 174 g/mol. The van der Waals surface area contributed by atoms with Crippen molar-refractivity contribution in [3.63, 3.8) is 0 Å². The molecule has 12 heavy (non-hydrogen) atoms. The van der Waals surface area contributed by atoms with Gasteiger partial charge in [0.05, 0.1) is 6.10 Å². The quantitative estimate of drug-likeness (QED) is 0.682. The molecule has 1 nitrogen and oxygen atoms in total. The van der Waals surface area contributed by atoms with Gasteiger partial charge in [0.1, 0.15) is 6.67 Å². The maximum Gasteiger partial charge on any atom is 0.116 e. The summed E-state index contributed by atoms with van der Waals surface area (Å²) in [6.07, 6.45) is 3.50. The van der Waals surface area contributed by atoms with E-state index in [1.165, 1.54) is 0 Å². The number of aliphatic hydroxyl groups excluding tert-OH is 1. The van der Waals surface area contributed by atoms with E-state index in [0.29, 0.717) is 5.41 Å². The van der Waals surface area contributed by atoms with E-state index in [9.17, 15) is 9.50 Å². The Morgan fingerprint density at radius 2 is 1.92 bits per heavy atom. The van der Waals surface area contributed by atoms with Crippen LogP contribution in [-0.4, -0.2) is 17.9 Å². The van der Waals surface area contributed by atoms with E-state index in [2.05, 4.69) is 13.8 Å². The van der Waals surface area contributed by atoms with Gasteiger partial charge in [0.15, 0.2) is 0 Å². The molecule has 0 aromatic rings. The van der Waals surface area contributed by atoms with Crippen LogP contribution in [-0.2, 0) is 0 Å². The van der Waals surface area contributed by atoms with Gasteiger partial charge >= 0.3 is 0 Å². The summed E-state index contributed by atoms with van der Waals surface area (Å²) < 4.78 is 12.1. The lowest BCUT2D eigenvalue weighted by molar-refractivity contribution is 0.0399. The third-order valence-corrected chi connectivity index (χ3v) is 3.09. The first kappa shape index (κ1) is 9.97. The molecule has 1 unspecified atom stereocenters. The molecule has 1 rings (SSSR count). The van der Waals surface area contributed by atoms with Crippen molar-refractivity contribution in [2.24, 2.45) is 11.3 Å². The second-order valence-electron chi connectivity index (χ2n) is 4.72. The standard InChI is InChI=1S/C10H19FO/c1-10(2)5-3-8(4-6-10)9(12)7-11/h8-9,12H,3-7H2,1-2H3. The first-order valence-corrected chi connectivity index (χ1v) is 4.79. The molecule has 0 saturated heterocycles. The Hall–Kier alpha value is -0.110. The van der Waals surface area contributed by atoms with Crippen molar-refractivity contribution in [1.82, 2.24) is 0 Å². The molecule has 1 fully saturated rings. The van der Waals surface area contributed by atoms with E-state index in [1.54, 1.807) is 0 Å². The maximum atomic E-state index is 12.1. The van der Waals surface area contributed by atoms with E-state index >= 15 is 0 Å². The summed E-state index contributed by atoms with van der Waals surface area (Å²) in [5.41, 5.74) is 0.409. The zero-order valence-corrected chi connectivity index (χ0v) is 8.02. The smallest absolute Gasteiger partial charge is 0.116 e. The van der Waals surface area contributed by atoms with Gasteiger partial charge in [-0.2, -0.15) is 0 Å². The van der Waals surface area contributed by atoms with Crippen LogP contribution in [0.1, 0.15) is 39.5 Å². The van der Waals surface area contributed by atoms with Crippen LogP contribution in [0.3, 0.4) is 0 Å². The van der Waals surface area contributed by atoms with Gasteiger partial charge in [0.2, 0.25) is 0 Å². The highest BCUT2D eigenvalue weighted by molar-refractivity contribution is 4.81. The SMILES string of the molecule is CC1(C)CCC(C(O)CF)CC1. The predicted molar refractivity (Wildman–Crippen MR) is 47.7 cm³/mol. The van der Waals surface area contributed by atoms with Gasteiger partial charge in [0, 0.05) is 0 Å². The first-order chi connectivity index (χ1) is 5.55. The fraction of sp³-hybridized carbons (Fsp3) is 1.00. The highest BCUT2D eigenvalue weighted by Gasteiger charge is 2.30. The van der Waals surface area contributed by atoms with Gasteiger partial charge < -0.3 is 5.11 Å². The van der Waals surface area contributed by atoms with Crippen LogP contribution in [0, 0.1) is 11.3 Å². The van der Waals surface area contributed by atoms with Gasteiger partial charge in [-0.1, -0.05) is 13.8 Å². The molecule has 0 aliphatic heterocycles. The van der Waals surface area contributed by atoms with E-state index in [1.807, 2.05) is 0 Å². The van der Waals surface area contributed by atoms with Crippen molar-refractivity contribution in [3.05, 3.63) is 0 Å². The zero-order valence-electron chi connectivity index (χ0n) is 8.02. The average Bonchev–Trinajstić information content (AvgIpc) is 2.03. The Bertz CT molecular complexity index is 135. The number of hydrogen-bond donors (Lipinski definition) is 1. The molecular formula is C10H19FO. The molecular weight excluding hydrogens is 155 g/mol. The highest BCUT2D eigenvalue weighted by Crippen LogP contribution is 2.39. The molecule has 0 aromatic heterocycles. The molecule has 1 saturated carbocycles. The largest absolute Gasteiger partial charge is 0.390 e. The van der Waals surface area contributed by atoms with Crippen molar-refractivity contribution in [2.45, 2.75) is 45.6 Å². The summed E-state index contributed by atoms with van der Waals surface area (Å²) in [5, 5.41) is 9.28. The van der Waals surface area contributed by atoms with Crippen LogP contribution in [0.25, 0.3) is 0 Å². The minimum atomic E-state index is -0.707. The Morgan fingerprint density at radius 3 is 2.33 bits per heavy atom. The Morgan fingerprint density at radius 1 is 1.42 bits per heavy atom. The van der Waals surface area contributed by atoms with Gasteiger partial charge in [-0.05, 0) is 37.0 Å². The number of rotatable bonds is 2. The third-order valence-electron chi connectivity index (χ3n) is 3.09. The lowest BCUT2D eigenvalue weighted by Gasteiger charge is -2.35. The third kappa shape index (κ3) is 2.44. The Balaban J connectivity index is 2.36. The number of halogens is 1. The maximum absolute atomic E-state index is 12.1. The zero-order chi connectivity index (χ0) is 9.19. The van der Waals surface area contributed by atoms with Crippen molar-refractivity contribution >= 4 is 0 Å². The van der Waals surface area contributed by atoms with E-state index in [0.717, 1.165) is 25.7 Å². The van der Waals surface area contributed by atoms with Crippen LogP contribution in [0.15, 0.2) is 0 Å². The van der Waals surface area contributed by atoms with Crippen molar-refractivity contribution < 1.29 is 9.50 Å². The summed E-state index contributed by atoms with van der Waals surface area (Å²) in [7, 11) is 0. The molecule has 0 amide bonds. The summed E-state index contributed by atoms with van der Waals surface area (Å²) in [5.74, 6) is 0.211. The van der Waals surface area contributed by atoms with Crippen LogP contribution < -0.4 is 0 Å². The number of aliphatic hydroxyl groups is 1. The van der Waals surface area contributed by atoms with Crippen molar-refractivity contribution in [1.29, 1.82) is 0 Å². The molecule has 0 heterocycles. The second-order valence-corrected chi connectivity index (χ2v) is 4.72. The molecule has 0 aromatic carbocycles. The normalized spacial score (nSPS) is 27.0. The molecule has 2 heteroatoms. The first-order valence-electron chi connectivity index (χ1n) is 4.79. The summed E-state index contributed by atoms with van der Waals surface area (Å²) >= 11 is 0. The van der Waals surface area contributed by atoms with Crippen LogP contribution in [0.2, 0.25) is 0 Å². The van der Waals surface area contributed by atoms with Crippen LogP contribution >= 0.6 is 0 Å². The van der Waals surface area contributed by atoms with Crippen molar-refractivity contribution in [2.75, 3.05) is 6.67 Å². The van der Waals surface area contributed by atoms with Gasteiger partial charge in [-0.15, -0.1) is 0 Å². The average molecular weight is 174 g/mol. The Labute approximate surface area is 74.0 Å². The molecule has 1 N–H and O–H groups in total. The van der Waals surface area contributed by atoms with E-state index in [-0.39, 0.29) is 5.92 Å². The highest BCUT2D eigenvalue weighted by atomic mass is 19.1. The van der Waals surface area contributed by atoms with Crippen LogP contribution in [0.5, 0.6) is 0 Å². The van der Waals surface area contributed by atoms with Gasteiger partial charge in [-0.25, -0.2) is 4.39 Å². The molecule has 0 bridgehead atoms. The summed E-state index contributed by atoms with van der Waals surface area (Å²) in [6, 6.07) is 0. The number of hydrogen-bond acceptors (Lipinski definition) is 1. The minimum Gasteiger partial charge on any atom is -0.390 e. The minimum absolute atomic E-state index is 0.211. The lowest BCUT2D eigenvalue weighted by atomic mass is 9.72. The topological polar surface area (TPSA) is 20.2 Å². The predicted octanol–water partition coefficient (Wildman–Crippen LogP) is 2.53. The second kappa shape index (κ2) is 3.73. The van der Waals surface area contributed by atoms with Crippen LogP contribution in [0.4, 0.5) is 4.39 Å². The van der Waals surface area contributed by atoms with Crippen molar-refractivity contribution in [3.8, 4) is 0 Å². The molecule has 1 aliphatic rings. The molecule has 0 radical (unpaired) electrons.